The number of likely N-dealkylation sites (tertiary alicyclic amines) is 1. The Labute approximate surface area is 163 Å². The molecule has 1 aromatic carbocycles. The number of rotatable bonds is 7. The van der Waals surface area contributed by atoms with Crippen LogP contribution in [0.2, 0.25) is 0 Å². The predicted molar refractivity (Wildman–Crippen MR) is 107 cm³/mol. The lowest BCUT2D eigenvalue weighted by atomic mass is 9.95. The standard InChI is InChI=1S/C22H34N2O3/c1-23(22(25)20-10-14-27-15-11-20)16-18-6-5-12-24(17-18)13-9-19-7-3-4-8-21(19)26-2/h3-4,7-8,18,20H,5-6,9-17H2,1-2H3. The van der Waals surface area contributed by atoms with Gasteiger partial charge in [0.1, 0.15) is 5.75 Å². The number of carbonyl (C=O) groups excluding carboxylic acids is 1. The molecule has 27 heavy (non-hydrogen) atoms. The van der Waals surface area contributed by atoms with E-state index in [0.29, 0.717) is 11.8 Å². The summed E-state index contributed by atoms with van der Waals surface area (Å²) < 4.78 is 10.9. The second kappa shape index (κ2) is 10.1. The molecule has 2 fully saturated rings. The van der Waals surface area contributed by atoms with Gasteiger partial charge >= 0.3 is 0 Å². The first kappa shape index (κ1) is 20.2. The van der Waals surface area contributed by atoms with Gasteiger partial charge < -0.3 is 19.3 Å². The fourth-order valence-electron chi connectivity index (χ4n) is 4.42. The summed E-state index contributed by atoms with van der Waals surface area (Å²) in [6.45, 7) is 5.62. The highest BCUT2D eigenvalue weighted by atomic mass is 16.5. The van der Waals surface area contributed by atoms with E-state index in [4.69, 9.17) is 9.47 Å². The Kier molecular flexibility index (Phi) is 7.53. The largest absolute Gasteiger partial charge is 0.496 e. The molecule has 150 valence electrons. The molecule has 2 aliphatic heterocycles. The van der Waals surface area contributed by atoms with E-state index in [9.17, 15) is 4.79 Å². The first-order chi connectivity index (χ1) is 13.2. The first-order valence-electron chi connectivity index (χ1n) is 10.3. The predicted octanol–water partition coefficient (Wildman–Crippen LogP) is 2.83. The number of methoxy groups -OCH3 is 1. The van der Waals surface area contributed by atoms with Gasteiger partial charge in [-0.15, -0.1) is 0 Å². The molecule has 2 saturated heterocycles. The third-order valence-electron chi connectivity index (χ3n) is 5.97. The zero-order valence-electron chi connectivity index (χ0n) is 16.9. The van der Waals surface area contributed by atoms with E-state index < -0.39 is 0 Å². The second-order valence-corrected chi connectivity index (χ2v) is 7.98. The smallest absolute Gasteiger partial charge is 0.225 e. The minimum absolute atomic E-state index is 0.161. The van der Waals surface area contributed by atoms with Crippen molar-refractivity contribution < 1.29 is 14.3 Å². The molecule has 0 aliphatic carbocycles. The third kappa shape index (κ3) is 5.69. The number of amides is 1. The maximum atomic E-state index is 12.7. The Morgan fingerprint density at radius 2 is 2.04 bits per heavy atom. The van der Waals surface area contributed by atoms with Gasteiger partial charge in [0.2, 0.25) is 5.91 Å². The van der Waals surface area contributed by atoms with Crippen LogP contribution in [-0.2, 0) is 16.0 Å². The number of ether oxygens (including phenoxy) is 2. The molecule has 5 heteroatoms. The highest BCUT2D eigenvalue weighted by molar-refractivity contribution is 5.78. The third-order valence-corrected chi connectivity index (χ3v) is 5.97. The van der Waals surface area contributed by atoms with Gasteiger partial charge in [0.15, 0.2) is 0 Å². The Balaban J connectivity index is 1.46. The maximum absolute atomic E-state index is 12.7. The van der Waals surface area contributed by atoms with Crippen molar-refractivity contribution >= 4 is 5.91 Å². The minimum Gasteiger partial charge on any atom is -0.496 e. The maximum Gasteiger partial charge on any atom is 0.225 e. The molecule has 0 aromatic heterocycles. The number of hydrogen-bond acceptors (Lipinski definition) is 4. The molecule has 0 radical (unpaired) electrons. The number of hydrogen-bond donors (Lipinski definition) is 0. The molecule has 3 rings (SSSR count). The molecule has 5 nitrogen and oxygen atoms in total. The van der Waals surface area contributed by atoms with Crippen molar-refractivity contribution in [1.82, 2.24) is 9.80 Å². The van der Waals surface area contributed by atoms with Gasteiger partial charge in [-0.2, -0.15) is 0 Å². The lowest BCUT2D eigenvalue weighted by Crippen LogP contribution is -2.44. The van der Waals surface area contributed by atoms with Crippen LogP contribution in [-0.4, -0.2) is 69.3 Å². The van der Waals surface area contributed by atoms with E-state index >= 15 is 0 Å². The van der Waals surface area contributed by atoms with Crippen LogP contribution in [0.25, 0.3) is 0 Å². The SMILES string of the molecule is COc1ccccc1CCN1CCCC(CN(C)C(=O)C2CCOCC2)C1. The van der Waals surface area contributed by atoms with Gasteiger partial charge in [-0.1, -0.05) is 18.2 Å². The van der Waals surface area contributed by atoms with Crippen LogP contribution >= 0.6 is 0 Å². The number of nitrogens with zero attached hydrogens (tertiary/aromatic N) is 2. The average Bonchev–Trinajstić information content (AvgIpc) is 2.72. The van der Waals surface area contributed by atoms with Crippen LogP contribution in [0.3, 0.4) is 0 Å². The van der Waals surface area contributed by atoms with E-state index in [-0.39, 0.29) is 5.92 Å². The van der Waals surface area contributed by atoms with E-state index in [2.05, 4.69) is 17.0 Å². The normalized spacial score (nSPS) is 21.8. The van der Waals surface area contributed by atoms with Crippen molar-refractivity contribution in [1.29, 1.82) is 0 Å². The van der Waals surface area contributed by atoms with Crippen LogP contribution in [0.4, 0.5) is 0 Å². The zero-order valence-corrected chi connectivity index (χ0v) is 16.9. The molecule has 0 spiro atoms. The van der Waals surface area contributed by atoms with E-state index in [1.165, 1.54) is 18.4 Å². The molecule has 0 bridgehead atoms. The molecule has 1 unspecified atom stereocenters. The van der Waals surface area contributed by atoms with Crippen molar-refractivity contribution in [2.45, 2.75) is 32.1 Å². The quantitative estimate of drug-likeness (QED) is 0.736. The Morgan fingerprint density at radius 1 is 1.26 bits per heavy atom. The number of piperidine rings is 1. The fourth-order valence-corrected chi connectivity index (χ4v) is 4.42. The monoisotopic (exact) mass is 374 g/mol. The van der Waals surface area contributed by atoms with Crippen molar-refractivity contribution in [3.63, 3.8) is 0 Å². The summed E-state index contributed by atoms with van der Waals surface area (Å²) in [5, 5.41) is 0. The van der Waals surface area contributed by atoms with E-state index in [1.807, 2.05) is 24.1 Å². The molecule has 1 atom stereocenters. The molecule has 2 aliphatic rings. The zero-order chi connectivity index (χ0) is 19.1. The highest BCUT2D eigenvalue weighted by Crippen LogP contribution is 2.23. The highest BCUT2D eigenvalue weighted by Gasteiger charge is 2.27. The summed E-state index contributed by atoms with van der Waals surface area (Å²) in [7, 11) is 3.71. The molecule has 1 aromatic rings. The van der Waals surface area contributed by atoms with Crippen LogP contribution in [0, 0.1) is 11.8 Å². The van der Waals surface area contributed by atoms with Crippen LogP contribution in [0.5, 0.6) is 5.75 Å². The number of carbonyl (C=O) groups is 1. The molecular formula is C22H34N2O3. The summed E-state index contributed by atoms with van der Waals surface area (Å²) in [5.41, 5.74) is 1.27. The second-order valence-electron chi connectivity index (χ2n) is 7.98. The molecular weight excluding hydrogens is 340 g/mol. The Bertz CT molecular complexity index is 601. The summed E-state index contributed by atoms with van der Waals surface area (Å²) in [5.74, 6) is 2.02. The summed E-state index contributed by atoms with van der Waals surface area (Å²) in [6, 6.07) is 8.28. The number of benzene rings is 1. The molecule has 0 saturated carbocycles. The van der Waals surface area contributed by atoms with Crippen molar-refractivity contribution in [2.75, 3.05) is 53.6 Å². The Morgan fingerprint density at radius 3 is 2.81 bits per heavy atom. The van der Waals surface area contributed by atoms with Gasteiger partial charge in [-0.25, -0.2) is 0 Å². The van der Waals surface area contributed by atoms with Crippen molar-refractivity contribution in [2.24, 2.45) is 11.8 Å². The topological polar surface area (TPSA) is 42.0 Å². The number of para-hydroxylation sites is 1. The van der Waals surface area contributed by atoms with Crippen molar-refractivity contribution in [3.05, 3.63) is 29.8 Å². The average molecular weight is 375 g/mol. The lowest BCUT2D eigenvalue weighted by Gasteiger charge is -2.36. The molecule has 1 amide bonds. The van der Waals surface area contributed by atoms with Gasteiger partial charge in [0.25, 0.3) is 0 Å². The summed E-state index contributed by atoms with van der Waals surface area (Å²) >= 11 is 0. The first-order valence-corrected chi connectivity index (χ1v) is 10.3. The minimum atomic E-state index is 0.161. The summed E-state index contributed by atoms with van der Waals surface area (Å²) in [6.07, 6.45) is 5.19. The van der Waals surface area contributed by atoms with Gasteiger partial charge in [0, 0.05) is 45.8 Å². The van der Waals surface area contributed by atoms with Gasteiger partial charge in [0.05, 0.1) is 7.11 Å². The van der Waals surface area contributed by atoms with Gasteiger partial charge in [-0.05, 0) is 56.2 Å². The van der Waals surface area contributed by atoms with Crippen LogP contribution in [0.15, 0.2) is 24.3 Å². The summed E-state index contributed by atoms with van der Waals surface area (Å²) in [4.78, 5) is 17.2. The fraction of sp³-hybridized carbons (Fsp3) is 0.682. The van der Waals surface area contributed by atoms with Crippen LogP contribution in [0.1, 0.15) is 31.2 Å². The van der Waals surface area contributed by atoms with E-state index in [1.54, 1.807) is 7.11 Å². The lowest BCUT2D eigenvalue weighted by molar-refractivity contribution is -0.138. The van der Waals surface area contributed by atoms with Crippen molar-refractivity contribution in [3.8, 4) is 5.75 Å². The van der Waals surface area contributed by atoms with E-state index in [0.717, 1.165) is 64.4 Å². The Hall–Kier alpha value is -1.59. The molecule has 2 heterocycles. The van der Waals surface area contributed by atoms with Crippen LogP contribution < -0.4 is 4.74 Å². The van der Waals surface area contributed by atoms with Gasteiger partial charge in [-0.3, -0.25) is 4.79 Å². The molecule has 0 N–H and O–H groups in total.